The molecule has 1 aromatic heterocycles. The zero-order valence-corrected chi connectivity index (χ0v) is 11.7. The Morgan fingerprint density at radius 2 is 1.74 bits per heavy atom. The molecular formula is C16H20N2O. The number of aryl methyl sites for hydroxylation is 3. The van der Waals surface area contributed by atoms with Crippen molar-refractivity contribution in [3.05, 3.63) is 58.4 Å². The summed E-state index contributed by atoms with van der Waals surface area (Å²) in [4.78, 5) is 4.45. The lowest BCUT2D eigenvalue weighted by atomic mass is 10.1. The van der Waals surface area contributed by atoms with Gasteiger partial charge in [-0.05, 0) is 49.6 Å². The fraction of sp³-hybridized carbons (Fsp3) is 0.312. The number of hydrogen-bond acceptors (Lipinski definition) is 3. The summed E-state index contributed by atoms with van der Waals surface area (Å²) in [7, 11) is 0. The van der Waals surface area contributed by atoms with E-state index in [-0.39, 0.29) is 0 Å². The van der Waals surface area contributed by atoms with Crippen molar-refractivity contribution < 1.29 is 5.11 Å². The van der Waals surface area contributed by atoms with Gasteiger partial charge in [-0.1, -0.05) is 18.2 Å². The SMILES string of the molecule is Cc1cccc(CNCc2cc(C)c(O)c(C)c2)n1. The lowest BCUT2D eigenvalue weighted by Crippen LogP contribution is -2.14. The van der Waals surface area contributed by atoms with Gasteiger partial charge in [0, 0.05) is 18.8 Å². The van der Waals surface area contributed by atoms with Crippen LogP contribution < -0.4 is 5.32 Å². The van der Waals surface area contributed by atoms with Crippen LogP contribution >= 0.6 is 0 Å². The summed E-state index contributed by atoms with van der Waals surface area (Å²) in [5, 5.41) is 13.1. The predicted octanol–water partition coefficient (Wildman–Crippen LogP) is 3.00. The smallest absolute Gasteiger partial charge is 0.121 e. The predicted molar refractivity (Wildman–Crippen MR) is 77.1 cm³/mol. The second-order valence-electron chi connectivity index (χ2n) is 4.95. The van der Waals surface area contributed by atoms with Gasteiger partial charge in [0.05, 0.1) is 5.69 Å². The van der Waals surface area contributed by atoms with Gasteiger partial charge in [-0.15, -0.1) is 0 Å². The highest BCUT2D eigenvalue weighted by Crippen LogP contribution is 2.22. The number of nitrogens with zero attached hydrogens (tertiary/aromatic N) is 1. The van der Waals surface area contributed by atoms with Crippen LogP contribution in [0.1, 0.15) is 28.1 Å². The summed E-state index contributed by atoms with van der Waals surface area (Å²) >= 11 is 0. The maximum absolute atomic E-state index is 9.73. The molecule has 2 rings (SSSR count). The van der Waals surface area contributed by atoms with Crippen molar-refractivity contribution in [2.24, 2.45) is 0 Å². The average Bonchev–Trinajstić information content (AvgIpc) is 2.36. The number of aromatic nitrogens is 1. The Labute approximate surface area is 114 Å². The van der Waals surface area contributed by atoms with Crippen LogP contribution in [0, 0.1) is 20.8 Å². The second-order valence-corrected chi connectivity index (χ2v) is 4.95. The number of phenolic OH excluding ortho intramolecular Hbond substituents is 1. The van der Waals surface area contributed by atoms with Crippen molar-refractivity contribution in [3.8, 4) is 5.75 Å². The Morgan fingerprint density at radius 3 is 2.37 bits per heavy atom. The van der Waals surface area contributed by atoms with E-state index in [1.54, 1.807) is 0 Å². The molecule has 0 spiro atoms. The Kier molecular flexibility index (Phi) is 4.17. The van der Waals surface area contributed by atoms with Gasteiger partial charge in [-0.3, -0.25) is 4.98 Å². The van der Waals surface area contributed by atoms with Gasteiger partial charge in [0.25, 0.3) is 0 Å². The molecule has 0 amide bonds. The third kappa shape index (κ3) is 3.55. The van der Waals surface area contributed by atoms with Crippen LogP contribution in [-0.4, -0.2) is 10.1 Å². The number of phenols is 1. The summed E-state index contributed by atoms with van der Waals surface area (Å²) in [6.45, 7) is 7.37. The maximum Gasteiger partial charge on any atom is 0.121 e. The Hall–Kier alpha value is -1.87. The normalized spacial score (nSPS) is 10.7. The van der Waals surface area contributed by atoms with Gasteiger partial charge in [0.15, 0.2) is 0 Å². The topological polar surface area (TPSA) is 45.1 Å². The lowest BCUT2D eigenvalue weighted by Gasteiger charge is -2.09. The second kappa shape index (κ2) is 5.85. The molecule has 0 aliphatic carbocycles. The molecule has 2 aromatic rings. The first-order chi connectivity index (χ1) is 9.06. The zero-order chi connectivity index (χ0) is 13.8. The molecule has 0 unspecified atom stereocenters. The molecule has 0 aliphatic rings. The first kappa shape index (κ1) is 13.6. The molecule has 0 fully saturated rings. The molecule has 0 bridgehead atoms. The van der Waals surface area contributed by atoms with Crippen LogP contribution in [0.15, 0.2) is 30.3 Å². The number of hydrogen-bond donors (Lipinski definition) is 2. The maximum atomic E-state index is 9.73. The Bertz CT molecular complexity index is 556. The summed E-state index contributed by atoms with van der Waals surface area (Å²) in [6.07, 6.45) is 0. The highest BCUT2D eigenvalue weighted by molar-refractivity contribution is 5.42. The van der Waals surface area contributed by atoms with E-state index in [0.717, 1.165) is 35.6 Å². The van der Waals surface area contributed by atoms with E-state index < -0.39 is 0 Å². The molecule has 3 nitrogen and oxygen atoms in total. The minimum atomic E-state index is 0.393. The molecule has 0 radical (unpaired) electrons. The third-order valence-corrected chi connectivity index (χ3v) is 3.13. The number of pyridine rings is 1. The van der Waals surface area contributed by atoms with E-state index in [0.29, 0.717) is 5.75 Å². The molecule has 3 heteroatoms. The van der Waals surface area contributed by atoms with Crippen molar-refractivity contribution >= 4 is 0 Å². The van der Waals surface area contributed by atoms with Crippen molar-refractivity contribution in [3.63, 3.8) is 0 Å². The Morgan fingerprint density at radius 1 is 1.05 bits per heavy atom. The molecule has 0 aliphatic heterocycles. The molecule has 19 heavy (non-hydrogen) atoms. The lowest BCUT2D eigenvalue weighted by molar-refractivity contribution is 0.466. The largest absolute Gasteiger partial charge is 0.507 e. The molecular weight excluding hydrogens is 236 g/mol. The molecule has 0 saturated heterocycles. The van der Waals surface area contributed by atoms with Crippen LogP contribution in [0.5, 0.6) is 5.75 Å². The first-order valence-electron chi connectivity index (χ1n) is 6.48. The standard InChI is InChI=1S/C16H20N2O/c1-11-7-14(8-12(2)16(11)19)9-17-10-15-6-4-5-13(3)18-15/h4-8,17,19H,9-10H2,1-3H3. The van der Waals surface area contributed by atoms with E-state index >= 15 is 0 Å². The number of aromatic hydroxyl groups is 1. The van der Waals surface area contributed by atoms with Crippen molar-refractivity contribution in [1.82, 2.24) is 10.3 Å². The molecule has 1 heterocycles. The van der Waals surface area contributed by atoms with E-state index in [1.807, 2.05) is 51.1 Å². The van der Waals surface area contributed by atoms with Gasteiger partial charge < -0.3 is 10.4 Å². The van der Waals surface area contributed by atoms with E-state index in [1.165, 1.54) is 5.56 Å². The van der Waals surface area contributed by atoms with Crippen molar-refractivity contribution in [2.75, 3.05) is 0 Å². The van der Waals surface area contributed by atoms with Crippen LogP contribution in [0.25, 0.3) is 0 Å². The van der Waals surface area contributed by atoms with E-state index in [2.05, 4.69) is 10.3 Å². The van der Waals surface area contributed by atoms with Gasteiger partial charge in [-0.2, -0.15) is 0 Å². The van der Waals surface area contributed by atoms with Gasteiger partial charge in [0.2, 0.25) is 0 Å². The highest BCUT2D eigenvalue weighted by atomic mass is 16.3. The zero-order valence-electron chi connectivity index (χ0n) is 11.7. The molecule has 100 valence electrons. The third-order valence-electron chi connectivity index (χ3n) is 3.13. The van der Waals surface area contributed by atoms with Gasteiger partial charge in [-0.25, -0.2) is 0 Å². The molecule has 2 N–H and O–H groups in total. The monoisotopic (exact) mass is 256 g/mol. The van der Waals surface area contributed by atoms with Crippen LogP contribution in [0.4, 0.5) is 0 Å². The fourth-order valence-corrected chi connectivity index (χ4v) is 2.18. The minimum Gasteiger partial charge on any atom is -0.507 e. The van der Waals surface area contributed by atoms with Crippen molar-refractivity contribution in [2.45, 2.75) is 33.9 Å². The minimum absolute atomic E-state index is 0.393. The van der Waals surface area contributed by atoms with E-state index in [9.17, 15) is 5.11 Å². The summed E-state index contributed by atoms with van der Waals surface area (Å²) in [5.74, 6) is 0.393. The van der Waals surface area contributed by atoms with Gasteiger partial charge in [0.1, 0.15) is 5.75 Å². The number of nitrogens with one attached hydrogen (secondary N) is 1. The van der Waals surface area contributed by atoms with Crippen LogP contribution in [0.2, 0.25) is 0 Å². The van der Waals surface area contributed by atoms with Gasteiger partial charge >= 0.3 is 0 Å². The number of rotatable bonds is 4. The van der Waals surface area contributed by atoms with Crippen LogP contribution in [-0.2, 0) is 13.1 Å². The molecule has 0 atom stereocenters. The fourth-order valence-electron chi connectivity index (χ4n) is 2.18. The molecule has 1 aromatic carbocycles. The highest BCUT2D eigenvalue weighted by Gasteiger charge is 2.03. The van der Waals surface area contributed by atoms with Crippen LogP contribution in [0.3, 0.4) is 0 Å². The van der Waals surface area contributed by atoms with Crippen molar-refractivity contribution in [1.29, 1.82) is 0 Å². The first-order valence-corrected chi connectivity index (χ1v) is 6.48. The summed E-state index contributed by atoms with van der Waals surface area (Å²) in [6, 6.07) is 10.1. The summed E-state index contributed by atoms with van der Waals surface area (Å²) in [5.41, 5.74) is 5.11. The molecule has 0 saturated carbocycles. The van der Waals surface area contributed by atoms with E-state index in [4.69, 9.17) is 0 Å². The Balaban J connectivity index is 1.96. The number of benzene rings is 1. The quantitative estimate of drug-likeness (QED) is 0.884. The average molecular weight is 256 g/mol. The summed E-state index contributed by atoms with van der Waals surface area (Å²) < 4.78 is 0.